The van der Waals surface area contributed by atoms with Gasteiger partial charge in [-0.05, 0) is 80.1 Å². The quantitative estimate of drug-likeness (QED) is 0.114. The van der Waals surface area contributed by atoms with Crippen LogP contribution in [-0.2, 0) is 0 Å². The minimum atomic E-state index is -0.240. The molecule has 0 saturated heterocycles. The van der Waals surface area contributed by atoms with E-state index < -0.39 is 0 Å². The molecule has 3 heterocycles. The Hall–Kier alpha value is -4.64. The second-order valence-corrected chi connectivity index (χ2v) is 11.9. The minimum Gasteiger partial charge on any atom is -0.428 e. The summed E-state index contributed by atoms with van der Waals surface area (Å²) in [6, 6.07) is 21.1. The van der Waals surface area contributed by atoms with Crippen LogP contribution in [0.3, 0.4) is 0 Å². The first-order valence-electron chi connectivity index (χ1n) is 15.0. The van der Waals surface area contributed by atoms with Crippen molar-refractivity contribution < 1.29 is 20.0 Å². The first-order chi connectivity index (χ1) is 22.3. The second-order valence-electron chi connectivity index (χ2n) is 11.0. The van der Waals surface area contributed by atoms with Crippen molar-refractivity contribution >= 4 is 56.8 Å². The molecule has 3 aromatic carbocycles. The van der Waals surface area contributed by atoms with Gasteiger partial charge in [0, 0.05) is 52.8 Å². The number of benzene rings is 3. The number of carbonyl (C=O) groups is 2. The van der Waals surface area contributed by atoms with E-state index in [-0.39, 0.29) is 11.8 Å². The SMILES string of the molecule is O=C1c2ccccc2C(=O)N1CCCCN(CCN=c1ccn(O)c2cc(Cl)ccc12)CCN=c1ccn(O)c2cc(Cl)ccc12. The Morgan fingerprint density at radius 1 is 0.652 bits per heavy atom. The summed E-state index contributed by atoms with van der Waals surface area (Å²) in [6.07, 6.45) is 4.51. The van der Waals surface area contributed by atoms with E-state index in [1.807, 2.05) is 12.1 Å². The van der Waals surface area contributed by atoms with Crippen LogP contribution in [0.5, 0.6) is 0 Å². The summed E-state index contributed by atoms with van der Waals surface area (Å²) in [5.74, 6) is -0.479. The van der Waals surface area contributed by atoms with Crippen LogP contribution in [0.2, 0.25) is 10.0 Å². The molecule has 0 bridgehead atoms. The lowest BCUT2D eigenvalue weighted by molar-refractivity contribution is 0.0650. The summed E-state index contributed by atoms with van der Waals surface area (Å²) in [5, 5.41) is 24.6. The zero-order valence-electron chi connectivity index (χ0n) is 24.9. The van der Waals surface area contributed by atoms with Gasteiger partial charge in [0.05, 0.1) is 46.0 Å². The first kappa shape index (κ1) is 31.3. The van der Waals surface area contributed by atoms with E-state index in [0.29, 0.717) is 71.4 Å². The zero-order chi connectivity index (χ0) is 32.2. The number of unbranched alkanes of at least 4 members (excludes halogenated alkanes) is 1. The number of aromatic nitrogens is 2. The van der Waals surface area contributed by atoms with Crippen LogP contribution in [0.25, 0.3) is 21.8 Å². The number of imide groups is 1. The lowest BCUT2D eigenvalue weighted by Crippen LogP contribution is -2.33. The van der Waals surface area contributed by atoms with Crippen LogP contribution < -0.4 is 10.7 Å². The van der Waals surface area contributed by atoms with E-state index in [1.54, 1.807) is 73.1 Å². The molecule has 1 aliphatic rings. The molecule has 5 aromatic rings. The van der Waals surface area contributed by atoms with Gasteiger partial charge in [0.1, 0.15) is 0 Å². The van der Waals surface area contributed by atoms with Gasteiger partial charge < -0.3 is 10.4 Å². The molecule has 0 spiro atoms. The highest BCUT2D eigenvalue weighted by Crippen LogP contribution is 2.23. The average molecular weight is 660 g/mol. The van der Waals surface area contributed by atoms with E-state index in [9.17, 15) is 20.0 Å². The molecule has 2 aromatic heterocycles. The predicted octanol–water partition coefficient (Wildman–Crippen LogP) is 5.26. The van der Waals surface area contributed by atoms with Gasteiger partial charge in [-0.15, -0.1) is 0 Å². The molecule has 0 fully saturated rings. The molecule has 2 N–H and O–H groups in total. The van der Waals surface area contributed by atoms with Crippen molar-refractivity contribution in [1.29, 1.82) is 0 Å². The maximum atomic E-state index is 12.8. The molecule has 0 atom stereocenters. The highest BCUT2D eigenvalue weighted by molar-refractivity contribution is 6.31. The van der Waals surface area contributed by atoms with Crippen LogP contribution in [0.15, 0.2) is 95.2 Å². The molecule has 0 aliphatic carbocycles. The fraction of sp³-hybridized carbons (Fsp3) is 0.235. The van der Waals surface area contributed by atoms with Crippen molar-refractivity contribution in [2.75, 3.05) is 39.3 Å². The Bertz CT molecular complexity index is 1950. The largest absolute Gasteiger partial charge is 0.428 e. The second kappa shape index (κ2) is 13.8. The number of carbonyl (C=O) groups excluding carboxylic acids is 2. The van der Waals surface area contributed by atoms with Crippen molar-refractivity contribution in [3.63, 3.8) is 0 Å². The molecule has 1 aliphatic heterocycles. The number of hydrogen-bond donors (Lipinski definition) is 2. The van der Waals surface area contributed by atoms with Gasteiger partial charge in [-0.1, -0.05) is 35.3 Å². The summed E-state index contributed by atoms with van der Waals surface area (Å²) >= 11 is 12.3. The van der Waals surface area contributed by atoms with Crippen LogP contribution in [0, 0.1) is 0 Å². The van der Waals surface area contributed by atoms with Crippen LogP contribution in [0.1, 0.15) is 33.6 Å². The first-order valence-corrected chi connectivity index (χ1v) is 15.7. The third kappa shape index (κ3) is 6.64. The van der Waals surface area contributed by atoms with E-state index in [4.69, 9.17) is 33.2 Å². The summed E-state index contributed by atoms with van der Waals surface area (Å²) in [4.78, 5) is 38.8. The Morgan fingerprint density at radius 2 is 1.15 bits per heavy atom. The lowest BCUT2D eigenvalue weighted by Gasteiger charge is -2.21. The molecule has 0 saturated carbocycles. The third-order valence-corrected chi connectivity index (χ3v) is 8.56. The van der Waals surface area contributed by atoms with Crippen molar-refractivity contribution in [2.45, 2.75) is 12.8 Å². The fourth-order valence-corrected chi connectivity index (χ4v) is 6.06. The summed E-state index contributed by atoms with van der Waals surface area (Å²) in [6.45, 7) is 3.37. The zero-order valence-corrected chi connectivity index (χ0v) is 26.4. The van der Waals surface area contributed by atoms with E-state index in [2.05, 4.69) is 4.90 Å². The van der Waals surface area contributed by atoms with Crippen molar-refractivity contribution in [3.05, 3.63) is 117 Å². The maximum Gasteiger partial charge on any atom is 0.261 e. The Labute approximate surface area is 274 Å². The number of rotatable bonds is 11. The van der Waals surface area contributed by atoms with Crippen molar-refractivity contribution in [2.24, 2.45) is 9.98 Å². The smallest absolute Gasteiger partial charge is 0.261 e. The van der Waals surface area contributed by atoms with Crippen LogP contribution >= 0.6 is 23.2 Å². The van der Waals surface area contributed by atoms with Gasteiger partial charge in [-0.3, -0.25) is 29.4 Å². The molecule has 46 heavy (non-hydrogen) atoms. The molecule has 6 rings (SSSR count). The van der Waals surface area contributed by atoms with Crippen molar-refractivity contribution in [3.8, 4) is 0 Å². The van der Waals surface area contributed by atoms with E-state index in [1.165, 1.54) is 4.90 Å². The Morgan fingerprint density at radius 3 is 1.65 bits per heavy atom. The molecular formula is C34H32Cl2N6O4. The topological polar surface area (TPSA) is 116 Å². The Balaban J connectivity index is 1.15. The molecular weight excluding hydrogens is 627 g/mol. The number of halogens is 2. The molecule has 236 valence electrons. The third-order valence-electron chi connectivity index (χ3n) is 8.09. The number of pyridine rings is 2. The van der Waals surface area contributed by atoms with E-state index >= 15 is 0 Å². The molecule has 2 amide bonds. The van der Waals surface area contributed by atoms with Gasteiger partial charge in [0.2, 0.25) is 0 Å². The van der Waals surface area contributed by atoms with Crippen LogP contribution in [-0.4, -0.2) is 80.8 Å². The fourth-order valence-electron chi connectivity index (χ4n) is 5.73. The predicted molar refractivity (Wildman–Crippen MR) is 177 cm³/mol. The molecule has 12 heteroatoms. The number of fused-ring (bicyclic) bond motifs is 3. The summed E-state index contributed by atoms with van der Waals surface area (Å²) in [5.41, 5.74) is 2.06. The van der Waals surface area contributed by atoms with Gasteiger partial charge in [-0.25, -0.2) is 0 Å². The van der Waals surface area contributed by atoms with Crippen LogP contribution in [0.4, 0.5) is 0 Å². The molecule has 0 unspecified atom stereocenters. The van der Waals surface area contributed by atoms with Gasteiger partial charge in [-0.2, -0.15) is 9.46 Å². The lowest BCUT2D eigenvalue weighted by atomic mass is 10.1. The van der Waals surface area contributed by atoms with Gasteiger partial charge in [0.25, 0.3) is 11.8 Å². The monoisotopic (exact) mass is 658 g/mol. The van der Waals surface area contributed by atoms with Crippen molar-refractivity contribution in [1.82, 2.24) is 19.3 Å². The standard InChI is InChI=1S/C34H32Cl2N6O4/c35-23-7-9-27-29(11-17-41(45)31(27)21-23)37-13-19-39(15-3-4-16-40-33(43)25-5-1-2-6-26(25)34(40)44)20-14-38-30-12-18-42(46)32-22-24(36)8-10-28(30)32/h1-2,5-12,17-18,21-22,45-46H,3-4,13-16,19-20H2. The average Bonchev–Trinajstić information content (AvgIpc) is 3.30. The number of nitrogens with zero attached hydrogens (tertiary/aromatic N) is 6. The summed E-state index contributed by atoms with van der Waals surface area (Å²) < 4.78 is 2.06. The van der Waals surface area contributed by atoms with E-state index in [0.717, 1.165) is 43.9 Å². The van der Waals surface area contributed by atoms with Gasteiger partial charge >= 0.3 is 0 Å². The molecule has 0 radical (unpaired) electrons. The normalized spacial score (nSPS) is 13.9. The van der Waals surface area contributed by atoms with Gasteiger partial charge in [0.15, 0.2) is 0 Å². The number of amides is 2. The highest BCUT2D eigenvalue weighted by Gasteiger charge is 2.34. The maximum absolute atomic E-state index is 12.8. The minimum absolute atomic E-state index is 0.240. The Kier molecular flexibility index (Phi) is 9.39. The number of hydrogen-bond acceptors (Lipinski definition) is 7. The molecule has 10 nitrogen and oxygen atoms in total. The summed E-state index contributed by atoms with van der Waals surface area (Å²) in [7, 11) is 0. The highest BCUT2D eigenvalue weighted by atomic mass is 35.5.